The maximum atomic E-state index is 10.3. The minimum atomic E-state index is -0.513. The first-order valence-corrected chi connectivity index (χ1v) is 10.2. The summed E-state index contributed by atoms with van der Waals surface area (Å²) in [6.07, 6.45) is 0.0673. The largest absolute Gasteiger partial charge is 0.493 e. The molecule has 0 bridgehead atoms. The number of ether oxygens (including phenoxy) is 2. The molecule has 0 heterocycles. The fourth-order valence-corrected chi connectivity index (χ4v) is 3.12. The van der Waals surface area contributed by atoms with Gasteiger partial charge in [-0.1, -0.05) is 41.9 Å². The number of guanidine groups is 1. The Hall–Kier alpha value is -1.71. The van der Waals surface area contributed by atoms with Gasteiger partial charge in [0.15, 0.2) is 17.5 Å². The molecule has 3 N–H and O–H groups in total. The highest BCUT2D eigenvalue weighted by atomic mass is 127. The summed E-state index contributed by atoms with van der Waals surface area (Å²) in [4.78, 5) is 4.60. The number of aliphatic hydroxyl groups excluding tert-OH is 1. The lowest BCUT2D eigenvalue weighted by Crippen LogP contribution is -2.38. The van der Waals surface area contributed by atoms with Crippen molar-refractivity contribution in [2.45, 2.75) is 32.9 Å². The highest BCUT2D eigenvalue weighted by Crippen LogP contribution is 2.36. The van der Waals surface area contributed by atoms with Crippen LogP contribution in [-0.4, -0.2) is 37.9 Å². The van der Waals surface area contributed by atoms with Crippen molar-refractivity contribution in [3.8, 4) is 11.5 Å². The number of aliphatic imine (C=N–C) groups is 1. The summed E-state index contributed by atoms with van der Waals surface area (Å²) >= 11 is 6.33. The van der Waals surface area contributed by atoms with E-state index in [1.807, 2.05) is 56.3 Å². The van der Waals surface area contributed by atoms with E-state index < -0.39 is 6.10 Å². The van der Waals surface area contributed by atoms with Crippen molar-refractivity contribution in [1.82, 2.24) is 10.6 Å². The predicted octanol–water partition coefficient (Wildman–Crippen LogP) is 4.54. The molecular weight excluding hydrogens is 517 g/mol. The molecule has 1 unspecified atom stereocenters. The quantitative estimate of drug-likeness (QED) is 0.231. The van der Waals surface area contributed by atoms with E-state index in [0.29, 0.717) is 48.6 Å². The molecule has 1 atom stereocenters. The summed E-state index contributed by atoms with van der Waals surface area (Å²) in [6.45, 7) is 6.18. The first kappa shape index (κ1) is 26.3. The van der Waals surface area contributed by atoms with E-state index in [1.165, 1.54) is 0 Å². The topological polar surface area (TPSA) is 75.1 Å². The van der Waals surface area contributed by atoms with Gasteiger partial charge < -0.3 is 25.2 Å². The Bertz CT molecular complexity index is 791. The Balaban J connectivity index is 0.00000450. The van der Waals surface area contributed by atoms with Gasteiger partial charge in [0.2, 0.25) is 0 Å². The molecule has 0 saturated carbocycles. The number of halogens is 2. The maximum absolute atomic E-state index is 10.3. The molecule has 2 aromatic carbocycles. The average Bonchev–Trinajstić information content (AvgIpc) is 2.74. The molecule has 0 aromatic heterocycles. The molecule has 2 aromatic rings. The highest BCUT2D eigenvalue weighted by molar-refractivity contribution is 14.0. The van der Waals surface area contributed by atoms with Crippen molar-refractivity contribution in [2.24, 2.45) is 4.99 Å². The minimum absolute atomic E-state index is 0. The molecule has 166 valence electrons. The Morgan fingerprint density at radius 2 is 1.90 bits per heavy atom. The van der Waals surface area contributed by atoms with Gasteiger partial charge in [0.1, 0.15) is 0 Å². The number of aliphatic hydroxyl groups is 1. The smallest absolute Gasteiger partial charge is 0.191 e. The zero-order valence-electron chi connectivity index (χ0n) is 17.7. The zero-order valence-corrected chi connectivity index (χ0v) is 20.7. The molecule has 2 rings (SSSR count). The lowest BCUT2D eigenvalue weighted by atomic mass is 10.1. The Morgan fingerprint density at radius 3 is 2.53 bits per heavy atom. The van der Waals surface area contributed by atoms with E-state index in [1.54, 1.807) is 7.11 Å². The van der Waals surface area contributed by atoms with Gasteiger partial charge in [-0.3, -0.25) is 0 Å². The van der Waals surface area contributed by atoms with Crippen LogP contribution in [0.2, 0.25) is 5.02 Å². The summed E-state index contributed by atoms with van der Waals surface area (Å²) in [5, 5.41) is 17.3. The van der Waals surface area contributed by atoms with Crippen molar-refractivity contribution in [1.29, 1.82) is 0 Å². The van der Waals surface area contributed by atoms with E-state index in [4.69, 9.17) is 21.1 Å². The normalized spacial score (nSPS) is 12.0. The Labute approximate surface area is 201 Å². The van der Waals surface area contributed by atoms with Crippen LogP contribution >= 0.6 is 35.6 Å². The summed E-state index contributed by atoms with van der Waals surface area (Å²) < 4.78 is 10.9. The van der Waals surface area contributed by atoms with E-state index in [-0.39, 0.29) is 24.0 Å². The predicted molar refractivity (Wildman–Crippen MR) is 133 cm³/mol. The van der Waals surface area contributed by atoms with Gasteiger partial charge in [-0.2, -0.15) is 0 Å². The van der Waals surface area contributed by atoms with Crippen LogP contribution in [0, 0.1) is 0 Å². The average molecular weight is 548 g/mol. The second-order valence-electron chi connectivity index (χ2n) is 6.38. The molecule has 8 heteroatoms. The molecule has 6 nitrogen and oxygen atoms in total. The van der Waals surface area contributed by atoms with Crippen molar-refractivity contribution >= 4 is 41.5 Å². The van der Waals surface area contributed by atoms with Gasteiger partial charge in [0.05, 0.1) is 31.4 Å². The van der Waals surface area contributed by atoms with E-state index in [2.05, 4.69) is 15.6 Å². The lowest BCUT2D eigenvalue weighted by molar-refractivity contribution is 0.168. The number of hydrogen-bond acceptors (Lipinski definition) is 4. The van der Waals surface area contributed by atoms with Crippen LogP contribution in [0.3, 0.4) is 0 Å². The molecule has 0 radical (unpaired) electrons. The van der Waals surface area contributed by atoms with Crippen LogP contribution in [0.1, 0.15) is 37.5 Å². The molecule has 0 aliphatic heterocycles. The fourth-order valence-electron chi connectivity index (χ4n) is 2.83. The summed E-state index contributed by atoms with van der Waals surface area (Å²) in [7, 11) is 1.59. The monoisotopic (exact) mass is 547 g/mol. The van der Waals surface area contributed by atoms with Crippen molar-refractivity contribution in [3.63, 3.8) is 0 Å². The Kier molecular flexibility index (Phi) is 12.6. The van der Waals surface area contributed by atoms with E-state index in [9.17, 15) is 5.11 Å². The minimum Gasteiger partial charge on any atom is -0.493 e. The molecule has 0 aliphatic rings. The number of benzene rings is 2. The number of nitrogens with zero attached hydrogens (tertiary/aromatic N) is 1. The summed E-state index contributed by atoms with van der Waals surface area (Å²) in [5.41, 5.74) is 1.82. The summed E-state index contributed by atoms with van der Waals surface area (Å²) in [5.74, 6) is 1.81. The van der Waals surface area contributed by atoms with E-state index in [0.717, 1.165) is 17.7 Å². The number of methoxy groups -OCH3 is 1. The van der Waals surface area contributed by atoms with Crippen LogP contribution in [0.5, 0.6) is 11.5 Å². The zero-order chi connectivity index (χ0) is 21.1. The standard InChI is InChI=1S/C22H30ClN3O3.HI/c1-4-24-22(25-12-11-19(27)17-9-7-6-8-10-17)26-15-16-13-18(23)21(29-5-2)20(14-16)28-3;/h6-10,13-14,19,27H,4-5,11-12,15H2,1-3H3,(H2,24,25,26);1H. The fraction of sp³-hybridized carbons (Fsp3) is 0.409. The van der Waals surface area contributed by atoms with Crippen LogP contribution in [0.4, 0.5) is 0 Å². The number of rotatable bonds is 10. The molecule has 0 spiro atoms. The molecule has 0 saturated heterocycles. The molecule has 0 aliphatic carbocycles. The van der Waals surface area contributed by atoms with Gasteiger partial charge >= 0.3 is 0 Å². The highest BCUT2D eigenvalue weighted by Gasteiger charge is 2.12. The number of hydrogen-bond donors (Lipinski definition) is 3. The second kappa shape index (κ2) is 14.3. The van der Waals surface area contributed by atoms with Gasteiger partial charge in [0, 0.05) is 13.1 Å². The van der Waals surface area contributed by atoms with Crippen LogP contribution in [0.15, 0.2) is 47.5 Å². The molecular formula is C22H31ClIN3O3. The van der Waals surface area contributed by atoms with Crippen LogP contribution in [0.25, 0.3) is 0 Å². The summed E-state index contributed by atoms with van der Waals surface area (Å²) in [6, 6.07) is 13.3. The lowest BCUT2D eigenvalue weighted by Gasteiger charge is -2.15. The number of nitrogens with one attached hydrogen (secondary N) is 2. The maximum Gasteiger partial charge on any atom is 0.191 e. The first-order valence-electron chi connectivity index (χ1n) is 9.83. The van der Waals surface area contributed by atoms with Gasteiger partial charge in [-0.05, 0) is 43.5 Å². The molecule has 30 heavy (non-hydrogen) atoms. The van der Waals surface area contributed by atoms with Gasteiger partial charge in [-0.15, -0.1) is 24.0 Å². The molecule has 0 amide bonds. The van der Waals surface area contributed by atoms with Crippen molar-refractivity contribution < 1.29 is 14.6 Å². The van der Waals surface area contributed by atoms with Gasteiger partial charge in [0.25, 0.3) is 0 Å². The SMILES string of the molecule is CCNC(=NCc1cc(Cl)c(OCC)c(OC)c1)NCCC(O)c1ccccc1.I. The first-order chi connectivity index (χ1) is 14.1. The van der Waals surface area contributed by atoms with Crippen LogP contribution < -0.4 is 20.1 Å². The van der Waals surface area contributed by atoms with Gasteiger partial charge in [-0.25, -0.2) is 4.99 Å². The van der Waals surface area contributed by atoms with E-state index >= 15 is 0 Å². The third-order valence-corrected chi connectivity index (χ3v) is 4.52. The second-order valence-corrected chi connectivity index (χ2v) is 6.79. The third-order valence-electron chi connectivity index (χ3n) is 4.24. The van der Waals surface area contributed by atoms with Crippen molar-refractivity contribution in [2.75, 3.05) is 26.8 Å². The Morgan fingerprint density at radius 1 is 1.17 bits per heavy atom. The van der Waals surface area contributed by atoms with Crippen LogP contribution in [-0.2, 0) is 6.54 Å². The van der Waals surface area contributed by atoms with Crippen molar-refractivity contribution in [3.05, 3.63) is 58.6 Å². The molecule has 0 fully saturated rings. The third kappa shape index (κ3) is 8.20.